The van der Waals surface area contributed by atoms with Crippen LogP contribution < -0.4 is 5.73 Å². The zero-order valence-electron chi connectivity index (χ0n) is 24.5. The minimum atomic E-state index is 0.136. The van der Waals surface area contributed by atoms with Gasteiger partial charge in [0, 0.05) is 60.9 Å². The molecule has 2 N–H and O–H groups in total. The molecule has 1 aliphatic heterocycles. The molecule has 0 spiro atoms. The molecule has 7 rings (SSSR count). The lowest BCUT2D eigenvalue weighted by Crippen LogP contribution is -2.42. The van der Waals surface area contributed by atoms with Crippen LogP contribution in [0.4, 0.5) is 0 Å². The van der Waals surface area contributed by atoms with Crippen LogP contribution in [-0.2, 0) is 29.0 Å². The zero-order valence-corrected chi connectivity index (χ0v) is 24.5. The highest BCUT2D eigenvalue weighted by Crippen LogP contribution is 2.38. The lowest BCUT2D eigenvalue weighted by atomic mass is 9.84. The maximum atomic E-state index is 13.6. The molecule has 0 bridgehead atoms. The van der Waals surface area contributed by atoms with Gasteiger partial charge in [-0.3, -0.25) is 19.7 Å². The number of pyridine rings is 2. The molecule has 1 saturated carbocycles. The Morgan fingerprint density at radius 1 is 0.952 bits per heavy atom. The van der Waals surface area contributed by atoms with Crippen LogP contribution in [0.3, 0.4) is 0 Å². The third-order valence-corrected chi connectivity index (χ3v) is 9.76. The van der Waals surface area contributed by atoms with Gasteiger partial charge in [-0.15, -0.1) is 0 Å². The van der Waals surface area contributed by atoms with Crippen LogP contribution in [-0.4, -0.2) is 69.1 Å². The molecule has 2 aliphatic carbocycles. The molecule has 4 heterocycles. The fourth-order valence-electron chi connectivity index (χ4n) is 7.54. The van der Waals surface area contributed by atoms with E-state index in [1.165, 1.54) is 35.9 Å². The Kier molecular flexibility index (Phi) is 7.93. The molecule has 0 radical (unpaired) electrons. The highest BCUT2D eigenvalue weighted by molar-refractivity contribution is 6.09. The molecule has 1 saturated heterocycles. The van der Waals surface area contributed by atoms with Crippen LogP contribution in [0.1, 0.15) is 61.5 Å². The van der Waals surface area contributed by atoms with Gasteiger partial charge in [0.1, 0.15) is 6.54 Å². The smallest absolute Gasteiger partial charge is 0.242 e. The Balaban J connectivity index is 1.28. The number of ether oxygens (including phenoxy) is 1. The largest absolute Gasteiger partial charge is 0.378 e. The molecule has 2 fully saturated rings. The lowest BCUT2D eigenvalue weighted by molar-refractivity contribution is -0.135. The van der Waals surface area contributed by atoms with Gasteiger partial charge < -0.3 is 19.9 Å². The van der Waals surface area contributed by atoms with Crippen molar-refractivity contribution in [2.75, 3.05) is 32.8 Å². The van der Waals surface area contributed by atoms with Crippen molar-refractivity contribution in [3.63, 3.8) is 0 Å². The van der Waals surface area contributed by atoms with E-state index in [1.54, 1.807) is 0 Å². The molecule has 8 nitrogen and oxygen atoms in total. The first-order valence-corrected chi connectivity index (χ1v) is 15.8. The molecular weight excluding hydrogens is 524 g/mol. The summed E-state index contributed by atoms with van der Waals surface area (Å²) in [5.41, 5.74) is 12.1. The number of rotatable bonds is 7. The number of nitrogens with zero attached hydrogens (tertiary/aromatic N) is 5. The van der Waals surface area contributed by atoms with Crippen molar-refractivity contribution in [3.05, 3.63) is 71.8 Å². The van der Waals surface area contributed by atoms with Gasteiger partial charge in [0.15, 0.2) is 0 Å². The van der Waals surface area contributed by atoms with Crippen LogP contribution in [0, 0.1) is 5.92 Å². The van der Waals surface area contributed by atoms with Gasteiger partial charge in [-0.2, -0.15) is 0 Å². The predicted molar refractivity (Wildman–Crippen MR) is 165 cm³/mol. The van der Waals surface area contributed by atoms with Crippen LogP contribution in [0.5, 0.6) is 0 Å². The number of hydrogen-bond donors (Lipinski definition) is 1. The Bertz CT molecular complexity index is 1550. The van der Waals surface area contributed by atoms with Crippen molar-refractivity contribution in [1.29, 1.82) is 0 Å². The third-order valence-electron chi connectivity index (χ3n) is 9.76. The van der Waals surface area contributed by atoms with Crippen molar-refractivity contribution in [1.82, 2.24) is 24.3 Å². The average molecular weight is 567 g/mol. The van der Waals surface area contributed by atoms with E-state index in [-0.39, 0.29) is 11.9 Å². The molecule has 1 amide bonds. The second-order valence-corrected chi connectivity index (χ2v) is 12.4. The van der Waals surface area contributed by atoms with Crippen molar-refractivity contribution >= 4 is 27.7 Å². The molecule has 4 aromatic rings. The second kappa shape index (κ2) is 12.1. The Morgan fingerprint density at radius 2 is 1.79 bits per heavy atom. The fourth-order valence-corrected chi connectivity index (χ4v) is 7.54. The Labute approximate surface area is 247 Å². The van der Waals surface area contributed by atoms with Crippen molar-refractivity contribution in [2.45, 2.75) is 70.1 Å². The van der Waals surface area contributed by atoms with E-state index in [2.05, 4.69) is 51.9 Å². The van der Waals surface area contributed by atoms with Gasteiger partial charge in [0.2, 0.25) is 5.91 Å². The normalized spacial score (nSPS) is 23.0. The monoisotopic (exact) mass is 566 g/mol. The van der Waals surface area contributed by atoms with E-state index in [4.69, 9.17) is 20.4 Å². The zero-order chi connectivity index (χ0) is 28.5. The number of carbonyl (C=O) groups excluding carboxylic acids is 1. The quantitative estimate of drug-likeness (QED) is 0.344. The minimum absolute atomic E-state index is 0.136. The average Bonchev–Trinajstić information content (AvgIpc) is 3.36. The summed E-state index contributed by atoms with van der Waals surface area (Å²) in [5, 5.41) is 2.33. The highest BCUT2D eigenvalue weighted by atomic mass is 16.5. The summed E-state index contributed by atoms with van der Waals surface area (Å²) >= 11 is 0. The van der Waals surface area contributed by atoms with Gasteiger partial charge in [0.25, 0.3) is 0 Å². The summed E-state index contributed by atoms with van der Waals surface area (Å²) in [6.45, 7) is 4.54. The van der Waals surface area contributed by atoms with E-state index in [0.29, 0.717) is 44.8 Å². The number of amides is 1. The van der Waals surface area contributed by atoms with E-state index in [1.807, 2.05) is 17.3 Å². The number of fused-ring (bicyclic) bond motifs is 4. The summed E-state index contributed by atoms with van der Waals surface area (Å²) in [6, 6.07) is 15.5. The van der Waals surface area contributed by atoms with Gasteiger partial charge in [0.05, 0.1) is 36.2 Å². The molecule has 42 heavy (non-hydrogen) atoms. The number of morpholine rings is 1. The molecule has 0 unspecified atom stereocenters. The molecular formula is C34H42N6O2. The lowest BCUT2D eigenvalue weighted by Gasteiger charge is -2.38. The molecule has 1 aromatic carbocycles. The molecule has 3 aromatic heterocycles. The minimum Gasteiger partial charge on any atom is -0.378 e. The van der Waals surface area contributed by atoms with Crippen LogP contribution in [0.15, 0.2) is 54.9 Å². The number of carbonyl (C=O) groups is 1. The Morgan fingerprint density at radius 3 is 2.64 bits per heavy atom. The predicted octanol–water partition coefficient (Wildman–Crippen LogP) is 4.84. The van der Waals surface area contributed by atoms with Crippen molar-refractivity contribution in [2.24, 2.45) is 11.7 Å². The maximum absolute atomic E-state index is 13.6. The number of benzene rings is 1. The van der Waals surface area contributed by atoms with Crippen molar-refractivity contribution in [3.8, 4) is 0 Å². The summed E-state index contributed by atoms with van der Waals surface area (Å²) in [7, 11) is 0. The number of nitrogens with two attached hydrogens (primary N) is 1. The second-order valence-electron chi connectivity index (χ2n) is 12.4. The third kappa shape index (κ3) is 5.43. The maximum Gasteiger partial charge on any atom is 0.242 e. The number of aryl methyl sites for hydroxylation is 1. The topological polar surface area (TPSA) is 89.5 Å². The Hall–Kier alpha value is -3.33. The van der Waals surface area contributed by atoms with Crippen LogP contribution in [0.25, 0.3) is 21.8 Å². The molecule has 8 heteroatoms. The van der Waals surface area contributed by atoms with Gasteiger partial charge in [-0.1, -0.05) is 24.3 Å². The van der Waals surface area contributed by atoms with Crippen molar-refractivity contribution < 1.29 is 9.53 Å². The first-order chi connectivity index (χ1) is 20.7. The van der Waals surface area contributed by atoms with E-state index in [9.17, 15) is 4.79 Å². The first-order valence-electron chi connectivity index (χ1n) is 15.8. The summed E-state index contributed by atoms with van der Waals surface area (Å²) in [4.78, 5) is 28.1. The van der Waals surface area contributed by atoms with Gasteiger partial charge >= 0.3 is 0 Å². The summed E-state index contributed by atoms with van der Waals surface area (Å²) in [6.07, 6.45) is 11.8. The van der Waals surface area contributed by atoms with Gasteiger partial charge in [-0.25, -0.2) is 0 Å². The number of para-hydroxylation sites is 1. The number of aromatic nitrogens is 3. The standard InChI is InChI=1S/C34H42N6O2/c35-26-12-10-24(11-13-26)21-39(31-9-3-5-25-6-4-15-37-33(25)31)22-29-34-28(14-16-36-29)27-7-1-2-8-30(27)40(34)23-32(41)38-17-19-42-20-18-38/h1-2,4,6-8,14-16,24,26,31H,3,5,9-13,17-23,35H2/t24-,26-,31-/m0/s1. The fraction of sp³-hybridized carbons (Fsp3) is 0.500. The highest BCUT2D eigenvalue weighted by Gasteiger charge is 2.31. The van der Waals surface area contributed by atoms with Crippen LogP contribution in [0.2, 0.25) is 0 Å². The van der Waals surface area contributed by atoms with Gasteiger partial charge in [-0.05, 0) is 74.6 Å². The number of hydrogen-bond acceptors (Lipinski definition) is 6. The summed E-state index contributed by atoms with van der Waals surface area (Å²) in [5.74, 6) is 0.753. The molecule has 3 aliphatic rings. The van der Waals surface area contributed by atoms with Crippen LogP contribution >= 0.6 is 0 Å². The van der Waals surface area contributed by atoms with E-state index >= 15 is 0 Å². The first kappa shape index (κ1) is 27.5. The van der Waals surface area contributed by atoms with E-state index < -0.39 is 0 Å². The SMILES string of the molecule is N[C@H]1CC[C@H](CN(Cc2nccc3c4ccccc4n(CC(=O)N4CCOCC4)c23)[C@H]2CCCc3cccnc32)CC1. The van der Waals surface area contributed by atoms with E-state index in [0.717, 1.165) is 60.9 Å². The molecule has 1 atom stereocenters. The molecule has 220 valence electrons. The summed E-state index contributed by atoms with van der Waals surface area (Å²) < 4.78 is 7.73.